The number of nitriles is 1. The summed E-state index contributed by atoms with van der Waals surface area (Å²) >= 11 is 0. The highest BCUT2D eigenvalue weighted by atomic mass is 19.4. The summed E-state index contributed by atoms with van der Waals surface area (Å²) in [5.41, 5.74) is -1.78. The Balaban J connectivity index is 2.38. The zero-order chi connectivity index (χ0) is 15.6. The van der Waals surface area contributed by atoms with E-state index in [4.69, 9.17) is 15.1 Å². The standard InChI is InChI=1S/C13H11F3N2O3/c14-13(15,16)11-5-8(1-2-10(11)12(19)20)18-3-4-21-9(6-17)7-18/h1-2,5,9H,3-4,7H2,(H,19,20). The van der Waals surface area contributed by atoms with Crippen molar-refractivity contribution in [2.45, 2.75) is 12.3 Å². The molecule has 0 amide bonds. The highest BCUT2D eigenvalue weighted by molar-refractivity contribution is 5.90. The summed E-state index contributed by atoms with van der Waals surface area (Å²) in [7, 11) is 0. The number of alkyl halides is 3. The summed E-state index contributed by atoms with van der Waals surface area (Å²) in [5, 5.41) is 17.6. The number of ether oxygens (including phenoxy) is 1. The van der Waals surface area contributed by atoms with Gasteiger partial charge in [-0.05, 0) is 18.2 Å². The average Bonchev–Trinajstić information content (AvgIpc) is 2.45. The molecule has 1 heterocycles. The van der Waals surface area contributed by atoms with Crippen molar-refractivity contribution in [2.24, 2.45) is 0 Å². The molecule has 1 aromatic rings. The van der Waals surface area contributed by atoms with Crippen LogP contribution in [0.3, 0.4) is 0 Å². The molecule has 0 radical (unpaired) electrons. The first kappa shape index (κ1) is 15.1. The van der Waals surface area contributed by atoms with Crippen LogP contribution in [0.15, 0.2) is 18.2 Å². The van der Waals surface area contributed by atoms with Gasteiger partial charge in [-0.15, -0.1) is 0 Å². The Morgan fingerprint density at radius 2 is 2.19 bits per heavy atom. The molecule has 1 aliphatic rings. The number of hydrogen-bond acceptors (Lipinski definition) is 4. The van der Waals surface area contributed by atoms with E-state index in [9.17, 15) is 18.0 Å². The molecule has 1 unspecified atom stereocenters. The lowest BCUT2D eigenvalue weighted by Crippen LogP contribution is -2.42. The van der Waals surface area contributed by atoms with Gasteiger partial charge in [0.15, 0.2) is 6.10 Å². The average molecular weight is 300 g/mol. The molecule has 1 fully saturated rings. The van der Waals surface area contributed by atoms with E-state index in [1.165, 1.54) is 6.07 Å². The topological polar surface area (TPSA) is 73.6 Å². The first-order valence-corrected chi connectivity index (χ1v) is 6.03. The molecule has 1 aliphatic heterocycles. The maximum absolute atomic E-state index is 12.9. The number of aromatic carboxylic acids is 1. The van der Waals surface area contributed by atoms with Gasteiger partial charge in [-0.3, -0.25) is 0 Å². The van der Waals surface area contributed by atoms with Crippen LogP contribution in [-0.4, -0.2) is 36.9 Å². The van der Waals surface area contributed by atoms with Gasteiger partial charge in [0.2, 0.25) is 0 Å². The largest absolute Gasteiger partial charge is 0.478 e. The van der Waals surface area contributed by atoms with Crippen molar-refractivity contribution < 1.29 is 27.8 Å². The van der Waals surface area contributed by atoms with E-state index < -0.39 is 29.4 Å². The number of rotatable bonds is 2. The van der Waals surface area contributed by atoms with Crippen molar-refractivity contribution in [2.75, 3.05) is 24.6 Å². The van der Waals surface area contributed by atoms with Gasteiger partial charge in [-0.1, -0.05) is 0 Å². The number of benzene rings is 1. The smallest absolute Gasteiger partial charge is 0.417 e. The minimum Gasteiger partial charge on any atom is -0.478 e. The molecule has 1 atom stereocenters. The van der Waals surface area contributed by atoms with E-state index in [-0.39, 0.29) is 18.8 Å². The van der Waals surface area contributed by atoms with Crippen LogP contribution in [0.1, 0.15) is 15.9 Å². The number of halogens is 3. The Morgan fingerprint density at radius 3 is 2.76 bits per heavy atom. The highest BCUT2D eigenvalue weighted by Crippen LogP contribution is 2.35. The van der Waals surface area contributed by atoms with Gasteiger partial charge in [0.1, 0.15) is 0 Å². The van der Waals surface area contributed by atoms with Gasteiger partial charge in [0.25, 0.3) is 0 Å². The van der Waals surface area contributed by atoms with Crippen LogP contribution < -0.4 is 4.90 Å². The fourth-order valence-corrected chi connectivity index (χ4v) is 2.11. The van der Waals surface area contributed by atoms with Crippen LogP contribution in [-0.2, 0) is 10.9 Å². The zero-order valence-corrected chi connectivity index (χ0v) is 10.7. The molecule has 2 rings (SSSR count). The molecule has 1 saturated heterocycles. The SMILES string of the molecule is N#CC1CN(c2ccc(C(=O)O)c(C(F)(F)F)c2)CCO1. The van der Waals surface area contributed by atoms with Gasteiger partial charge in [0.05, 0.1) is 30.3 Å². The molecule has 0 bridgehead atoms. The fourth-order valence-electron chi connectivity index (χ4n) is 2.11. The van der Waals surface area contributed by atoms with Crippen molar-refractivity contribution in [3.8, 4) is 6.07 Å². The zero-order valence-electron chi connectivity index (χ0n) is 10.7. The van der Waals surface area contributed by atoms with Crippen LogP contribution in [0.2, 0.25) is 0 Å². The van der Waals surface area contributed by atoms with Gasteiger partial charge in [0, 0.05) is 12.2 Å². The Hall–Kier alpha value is -2.27. The summed E-state index contributed by atoms with van der Waals surface area (Å²) in [6, 6.07) is 4.92. The predicted molar refractivity (Wildman–Crippen MR) is 66.0 cm³/mol. The summed E-state index contributed by atoms with van der Waals surface area (Å²) in [5.74, 6) is -1.63. The second-order valence-corrected chi connectivity index (χ2v) is 4.47. The molecule has 1 N–H and O–H groups in total. The van der Waals surface area contributed by atoms with Crippen molar-refractivity contribution in [3.05, 3.63) is 29.3 Å². The Labute approximate surface area is 118 Å². The maximum atomic E-state index is 12.9. The number of anilines is 1. The van der Waals surface area contributed by atoms with Crippen LogP contribution in [0.25, 0.3) is 0 Å². The number of carbonyl (C=O) groups is 1. The van der Waals surface area contributed by atoms with Crippen molar-refractivity contribution in [1.82, 2.24) is 0 Å². The molecule has 1 aromatic carbocycles. The molecule has 8 heteroatoms. The summed E-state index contributed by atoms with van der Waals surface area (Å²) in [6.45, 7) is 0.697. The van der Waals surface area contributed by atoms with Gasteiger partial charge >= 0.3 is 12.1 Å². The Bertz CT molecular complexity index is 595. The van der Waals surface area contributed by atoms with Crippen LogP contribution in [0, 0.1) is 11.3 Å². The van der Waals surface area contributed by atoms with E-state index in [1.54, 1.807) is 4.90 Å². The van der Waals surface area contributed by atoms with Crippen molar-refractivity contribution in [1.29, 1.82) is 5.26 Å². The van der Waals surface area contributed by atoms with Crippen molar-refractivity contribution >= 4 is 11.7 Å². The van der Waals surface area contributed by atoms with E-state index in [1.807, 2.05) is 6.07 Å². The molecule has 0 saturated carbocycles. The summed E-state index contributed by atoms with van der Waals surface area (Å²) < 4.78 is 43.9. The van der Waals surface area contributed by atoms with E-state index in [0.717, 1.165) is 12.1 Å². The molecule has 21 heavy (non-hydrogen) atoms. The molecule has 0 aromatic heterocycles. The molecule has 5 nitrogen and oxygen atoms in total. The fraction of sp³-hybridized carbons (Fsp3) is 0.385. The van der Waals surface area contributed by atoms with Crippen molar-refractivity contribution in [3.63, 3.8) is 0 Å². The number of morpholine rings is 1. The molecule has 0 spiro atoms. The lowest BCUT2D eigenvalue weighted by Gasteiger charge is -2.32. The van der Waals surface area contributed by atoms with Crippen LogP contribution >= 0.6 is 0 Å². The first-order chi connectivity index (χ1) is 9.82. The van der Waals surface area contributed by atoms with E-state index in [2.05, 4.69) is 0 Å². The maximum Gasteiger partial charge on any atom is 0.417 e. The highest BCUT2D eigenvalue weighted by Gasteiger charge is 2.36. The molecule has 112 valence electrons. The predicted octanol–water partition coefficient (Wildman–Crippen LogP) is 2.13. The number of carboxylic acid groups (broad SMARTS) is 1. The van der Waals surface area contributed by atoms with E-state index >= 15 is 0 Å². The number of hydrogen-bond donors (Lipinski definition) is 1. The lowest BCUT2D eigenvalue weighted by atomic mass is 10.1. The quantitative estimate of drug-likeness (QED) is 0.905. The van der Waals surface area contributed by atoms with Gasteiger partial charge in [-0.25, -0.2) is 4.79 Å². The lowest BCUT2D eigenvalue weighted by molar-refractivity contribution is -0.138. The summed E-state index contributed by atoms with van der Waals surface area (Å²) in [4.78, 5) is 12.4. The van der Waals surface area contributed by atoms with Crippen LogP contribution in [0.5, 0.6) is 0 Å². The van der Waals surface area contributed by atoms with Gasteiger partial charge in [-0.2, -0.15) is 18.4 Å². The minimum atomic E-state index is -4.76. The Morgan fingerprint density at radius 1 is 1.48 bits per heavy atom. The normalized spacial score (nSPS) is 19.1. The third-order valence-electron chi connectivity index (χ3n) is 3.11. The van der Waals surface area contributed by atoms with Gasteiger partial charge < -0.3 is 14.7 Å². The van der Waals surface area contributed by atoms with E-state index in [0.29, 0.717) is 6.54 Å². The second-order valence-electron chi connectivity index (χ2n) is 4.47. The Kier molecular flexibility index (Phi) is 4.04. The molecule has 0 aliphatic carbocycles. The second kappa shape index (κ2) is 5.61. The minimum absolute atomic E-state index is 0.139. The third-order valence-corrected chi connectivity index (χ3v) is 3.11. The number of carboxylic acids is 1. The monoisotopic (exact) mass is 300 g/mol. The van der Waals surface area contributed by atoms with Crippen LogP contribution in [0.4, 0.5) is 18.9 Å². The third kappa shape index (κ3) is 3.25. The molecular formula is C13H11F3N2O3. The number of nitrogens with zero attached hydrogens (tertiary/aromatic N) is 2. The first-order valence-electron chi connectivity index (χ1n) is 6.03. The summed E-state index contributed by atoms with van der Waals surface area (Å²) in [6.07, 6.45) is -5.47. The molecular weight excluding hydrogens is 289 g/mol.